The van der Waals surface area contributed by atoms with Crippen molar-refractivity contribution in [3.05, 3.63) is 128 Å². The van der Waals surface area contributed by atoms with E-state index < -0.39 is 34.4 Å². The summed E-state index contributed by atoms with van der Waals surface area (Å²) in [5, 5.41) is 3.54. The Balaban J connectivity index is 1.87. The molecule has 0 aliphatic rings. The first-order valence-electron chi connectivity index (χ1n) is 14.4. The number of nitrogens with one attached hydrogen (secondary N) is 1. The molecule has 7 nitrogen and oxygen atoms in total. The number of rotatable bonds is 12. The van der Waals surface area contributed by atoms with E-state index in [9.17, 15) is 18.0 Å². The molecule has 242 valence electrons. The van der Waals surface area contributed by atoms with Gasteiger partial charge in [0.25, 0.3) is 10.0 Å². The van der Waals surface area contributed by atoms with Gasteiger partial charge in [0.15, 0.2) is 0 Å². The molecule has 0 aliphatic heterocycles. The van der Waals surface area contributed by atoms with Gasteiger partial charge in [-0.05, 0) is 62.7 Å². The topological polar surface area (TPSA) is 86.8 Å². The summed E-state index contributed by atoms with van der Waals surface area (Å²) in [5.74, 6) is -1.12. The third kappa shape index (κ3) is 8.55. The van der Waals surface area contributed by atoms with Crippen LogP contribution in [0.4, 0.5) is 5.69 Å². The number of carbonyl (C=O) groups is 2. The number of benzene rings is 4. The molecule has 0 spiro atoms. The lowest BCUT2D eigenvalue weighted by Gasteiger charge is -2.34. The molecule has 4 aromatic rings. The summed E-state index contributed by atoms with van der Waals surface area (Å²) >= 11 is 26.0. The van der Waals surface area contributed by atoms with Gasteiger partial charge in [-0.3, -0.25) is 13.9 Å². The van der Waals surface area contributed by atoms with E-state index in [1.54, 1.807) is 36.4 Å². The van der Waals surface area contributed by atoms with E-state index in [0.29, 0.717) is 5.56 Å². The molecule has 0 aliphatic carbocycles. The molecule has 0 fully saturated rings. The highest BCUT2D eigenvalue weighted by Gasteiger charge is 2.36. The quantitative estimate of drug-likeness (QED) is 0.161. The van der Waals surface area contributed by atoms with Gasteiger partial charge < -0.3 is 10.2 Å². The number of aryl methyl sites for hydroxylation is 1. The fourth-order valence-electron chi connectivity index (χ4n) is 4.82. The van der Waals surface area contributed by atoms with Crippen LogP contribution in [0.15, 0.2) is 95.9 Å². The molecule has 0 radical (unpaired) electrons. The maximum atomic E-state index is 14.6. The van der Waals surface area contributed by atoms with Crippen molar-refractivity contribution in [2.45, 2.75) is 50.7 Å². The second-order valence-corrected chi connectivity index (χ2v) is 14.5. The van der Waals surface area contributed by atoms with Crippen LogP contribution in [0.3, 0.4) is 0 Å². The first kappa shape index (κ1) is 35.6. The second-order valence-electron chi connectivity index (χ2n) is 11.0. The number of amides is 2. The molecule has 0 bridgehead atoms. The summed E-state index contributed by atoms with van der Waals surface area (Å²) in [5.41, 5.74) is 2.05. The van der Waals surface area contributed by atoms with Crippen LogP contribution in [-0.4, -0.2) is 43.8 Å². The number of hydrogen-bond acceptors (Lipinski definition) is 4. The Kier molecular flexibility index (Phi) is 12.0. The average Bonchev–Trinajstić information content (AvgIpc) is 3.00. The van der Waals surface area contributed by atoms with Crippen molar-refractivity contribution < 1.29 is 18.0 Å². The molecular weight excluding hydrogens is 688 g/mol. The van der Waals surface area contributed by atoms with Gasteiger partial charge in [0.05, 0.1) is 20.6 Å². The highest BCUT2D eigenvalue weighted by molar-refractivity contribution is 7.92. The van der Waals surface area contributed by atoms with Crippen LogP contribution in [0.25, 0.3) is 0 Å². The third-order valence-corrected chi connectivity index (χ3v) is 10.5. The smallest absolute Gasteiger partial charge is 0.264 e. The van der Waals surface area contributed by atoms with E-state index in [1.807, 2.05) is 51.1 Å². The minimum atomic E-state index is -4.36. The molecule has 12 heteroatoms. The molecule has 1 N–H and O–H groups in total. The Morgan fingerprint density at radius 3 is 1.98 bits per heavy atom. The molecule has 4 aromatic carbocycles. The predicted molar refractivity (Wildman–Crippen MR) is 186 cm³/mol. The normalized spacial score (nSPS) is 12.1. The first-order chi connectivity index (χ1) is 21.8. The van der Waals surface area contributed by atoms with E-state index in [0.717, 1.165) is 15.4 Å². The maximum Gasteiger partial charge on any atom is 0.264 e. The molecule has 4 rings (SSSR count). The Labute approximate surface area is 290 Å². The molecular formula is C34H33Cl4N3O4S. The lowest BCUT2D eigenvalue weighted by Crippen LogP contribution is -2.54. The minimum absolute atomic E-state index is 0.00468. The van der Waals surface area contributed by atoms with Gasteiger partial charge in [0.2, 0.25) is 11.8 Å². The number of hydrogen-bond donors (Lipinski definition) is 1. The van der Waals surface area contributed by atoms with E-state index in [4.69, 9.17) is 46.4 Å². The summed E-state index contributed by atoms with van der Waals surface area (Å²) in [4.78, 5) is 29.7. The number of carbonyl (C=O) groups excluding carboxylic acids is 2. The lowest BCUT2D eigenvalue weighted by atomic mass is 10.0. The van der Waals surface area contributed by atoms with Crippen LogP contribution in [0.2, 0.25) is 20.1 Å². The largest absolute Gasteiger partial charge is 0.352 e. The van der Waals surface area contributed by atoms with Gasteiger partial charge in [0.1, 0.15) is 12.6 Å². The number of nitrogens with zero attached hydrogens (tertiary/aromatic N) is 2. The standard InChI is InChI=1S/C34H33Cl4N3O4S/c1-22(2)39-34(43)31(19-24-9-5-4-6-10-24)40(20-26-27(35)11-7-12-28(26)36)32(42)21-41(30-14-8-13-29(37)33(30)38)46(44,45)25-17-15-23(3)16-18-25/h4-18,22,31H,19-21H2,1-3H3,(H,39,43). The maximum absolute atomic E-state index is 14.6. The first-order valence-corrected chi connectivity index (χ1v) is 17.3. The molecule has 0 saturated carbocycles. The fraction of sp³-hybridized carbons (Fsp3) is 0.235. The van der Waals surface area contributed by atoms with E-state index in [-0.39, 0.29) is 49.7 Å². The zero-order valence-electron chi connectivity index (χ0n) is 25.4. The second kappa shape index (κ2) is 15.5. The van der Waals surface area contributed by atoms with Crippen LogP contribution in [0.5, 0.6) is 0 Å². The van der Waals surface area contributed by atoms with Crippen LogP contribution in [-0.2, 0) is 32.6 Å². The Bertz CT molecular complexity index is 1780. The van der Waals surface area contributed by atoms with E-state index in [2.05, 4.69) is 5.32 Å². The third-order valence-electron chi connectivity index (χ3n) is 7.18. The monoisotopic (exact) mass is 719 g/mol. The van der Waals surface area contributed by atoms with Crippen molar-refractivity contribution in [3.63, 3.8) is 0 Å². The number of sulfonamides is 1. The SMILES string of the molecule is Cc1ccc(S(=O)(=O)N(CC(=O)N(Cc2c(Cl)cccc2Cl)C(Cc2ccccc2)C(=O)NC(C)C)c2cccc(Cl)c2Cl)cc1. The number of anilines is 1. The molecule has 0 aromatic heterocycles. The molecule has 46 heavy (non-hydrogen) atoms. The Morgan fingerprint density at radius 1 is 0.783 bits per heavy atom. The predicted octanol–water partition coefficient (Wildman–Crippen LogP) is 7.97. The van der Waals surface area contributed by atoms with Crippen molar-refractivity contribution in [2.75, 3.05) is 10.8 Å². The zero-order valence-corrected chi connectivity index (χ0v) is 29.2. The lowest BCUT2D eigenvalue weighted by molar-refractivity contribution is -0.140. The molecule has 0 heterocycles. The van der Waals surface area contributed by atoms with Crippen molar-refractivity contribution in [2.24, 2.45) is 0 Å². The highest BCUT2D eigenvalue weighted by Crippen LogP contribution is 2.36. The van der Waals surface area contributed by atoms with Crippen LogP contribution < -0.4 is 9.62 Å². The van der Waals surface area contributed by atoms with E-state index in [1.165, 1.54) is 29.2 Å². The van der Waals surface area contributed by atoms with Crippen LogP contribution >= 0.6 is 46.4 Å². The molecule has 0 saturated heterocycles. The fourth-order valence-corrected chi connectivity index (χ4v) is 7.21. The van der Waals surface area contributed by atoms with Crippen molar-refractivity contribution in [1.29, 1.82) is 0 Å². The Morgan fingerprint density at radius 2 is 1.37 bits per heavy atom. The molecule has 1 atom stereocenters. The summed E-state index contributed by atoms with van der Waals surface area (Å²) in [7, 11) is -4.36. The van der Waals surface area contributed by atoms with Crippen LogP contribution in [0.1, 0.15) is 30.5 Å². The summed E-state index contributed by atoms with van der Waals surface area (Å²) < 4.78 is 29.3. The van der Waals surface area contributed by atoms with E-state index >= 15 is 0 Å². The Hall–Kier alpha value is -3.27. The summed E-state index contributed by atoms with van der Waals surface area (Å²) in [6, 6.07) is 23.6. The van der Waals surface area contributed by atoms with Crippen molar-refractivity contribution in [3.8, 4) is 0 Å². The van der Waals surface area contributed by atoms with Gasteiger partial charge in [0, 0.05) is 34.6 Å². The average molecular weight is 722 g/mol. The van der Waals surface area contributed by atoms with Gasteiger partial charge in [-0.25, -0.2) is 8.42 Å². The van der Waals surface area contributed by atoms with Crippen LogP contribution in [0, 0.1) is 6.92 Å². The summed E-state index contributed by atoms with van der Waals surface area (Å²) in [6.07, 6.45) is 0.135. The zero-order chi connectivity index (χ0) is 33.6. The number of halogens is 4. The molecule has 1 unspecified atom stereocenters. The minimum Gasteiger partial charge on any atom is -0.352 e. The summed E-state index contributed by atoms with van der Waals surface area (Å²) in [6.45, 7) is 4.57. The van der Waals surface area contributed by atoms with Crippen molar-refractivity contribution in [1.82, 2.24) is 10.2 Å². The van der Waals surface area contributed by atoms with Gasteiger partial charge in [-0.15, -0.1) is 0 Å². The van der Waals surface area contributed by atoms with Crippen molar-refractivity contribution >= 4 is 73.9 Å². The molecule has 2 amide bonds. The van der Waals surface area contributed by atoms with Gasteiger partial charge in [-0.1, -0.05) is 107 Å². The highest BCUT2D eigenvalue weighted by atomic mass is 35.5. The van der Waals surface area contributed by atoms with Gasteiger partial charge in [-0.2, -0.15) is 0 Å². The van der Waals surface area contributed by atoms with Gasteiger partial charge >= 0.3 is 0 Å².